The van der Waals surface area contributed by atoms with Crippen molar-refractivity contribution < 1.29 is 0 Å². The average molecular weight is 197 g/mol. The lowest BCUT2D eigenvalue weighted by molar-refractivity contribution is 0.645. The third-order valence-electron chi connectivity index (χ3n) is 2.06. The first-order valence-corrected chi connectivity index (χ1v) is 4.44. The van der Waals surface area contributed by atoms with Crippen LogP contribution >= 0.6 is 0 Å². The van der Waals surface area contributed by atoms with Gasteiger partial charge in [-0.1, -0.05) is 0 Å². The van der Waals surface area contributed by atoms with Crippen molar-refractivity contribution in [2.45, 2.75) is 19.4 Å². The van der Waals surface area contributed by atoms with Crippen LogP contribution in [0.3, 0.4) is 0 Å². The van der Waals surface area contributed by atoms with Crippen molar-refractivity contribution in [2.24, 2.45) is 19.8 Å². The number of hydrogen-bond acceptors (Lipinski definition) is 3. The Morgan fingerprint density at radius 1 is 1.43 bits per heavy atom. The number of aromatic nitrogens is 2. The lowest BCUT2D eigenvalue weighted by Crippen LogP contribution is -2.39. The van der Waals surface area contributed by atoms with Crippen LogP contribution in [0.25, 0.3) is 0 Å². The summed E-state index contributed by atoms with van der Waals surface area (Å²) in [4.78, 5) is 22.9. The van der Waals surface area contributed by atoms with Crippen LogP contribution in [0.15, 0.2) is 15.8 Å². The normalized spacial score (nSPS) is 12.9. The molecule has 1 unspecified atom stereocenters. The van der Waals surface area contributed by atoms with Crippen LogP contribution < -0.4 is 17.0 Å². The highest BCUT2D eigenvalue weighted by Crippen LogP contribution is 1.92. The highest BCUT2D eigenvalue weighted by molar-refractivity contribution is 5.07. The van der Waals surface area contributed by atoms with Gasteiger partial charge in [-0.2, -0.15) is 0 Å². The fraction of sp³-hybridized carbons (Fsp3) is 0.556. The SMILES string of the molecule is CC(N)Cc1cn(C)c(=O)n(C)c1=O. The zero-order valence-corrected chi connectivity index (χ0v) is 8.65. The smallest absolute Gasteiger partial charge is 0.328 e. The third-order valence-corrected chi connectivity index (χ3v) is 2.06. The van der Waals surface area contributed by atoms with E-state index in [-0.39, 0.29) is 17.3 Å². The molecule has 0 fully saturated rings. The quantitative estimate of drug-likeness (QED) is 0.659. The number of nitrogens with zero attached hydrogens (tertiary/aromatic N) is 2. The van der Waals surface area contributed by atoms with Gasteiger partial charge in [0, 0.05) is 31.9 Å². The number of rotatable bonds is 2. The van der Waals surface area contributed by atoms with Crippen LogP contribution in [0.5, 0.6) is 0 Å². The van der Waals surface area contributed by atoms with Crippen molar-refractivity contribution in [3.8, 4) is 0 Å². The first-order chi connectivity index (χ1) is 6.43. The molecule has 0 aliphatic rings. The molecule has 0 saturated carbocycles. The van der Waals surface area contributed by atoms with Gasteiger partial charge in [0.2, 0.25) is 0 Å². The van der Waals surface area contributed by atoms with Gasteiger partial charge in [-0.25, -0.2) is 4.79 Å². The molecule has 1 atom stereocenters. The maximum atomic E-state index is 11.6. The molecule has 78 valence electrons. The lowest BCUT2D eigenvalue weighted by Gasteiger charge is -2.08. The van der Waals surface area contributed by atoms with Crippen molar-refractivity contribution in [3.63, 3.8) is 0 Å². The molecule has 1 rings (SSSR count). The summed E-state index contributed by atoms with van der Waals surface area (Å²) in [6.07, 6.45) is 2.04. The summed E-state index contributed by atoms with van der Waals surface area (Å²) in [7, 11) is 3.09. The maximum Gasteiger partial charge on any atom is 0.330 e. The number of aryl methyl sites for hydroxylation is 1. The molecule has 0 aliphatic heterocycles. The summed E-state index contributed by atoms with van der Waals surface area (Å²) >= 11 is 0. The van der Waals surface area contributed by atoms with Gasteiger partial charge in [-0.05, 0) is 13.3 Å². The Balaban J connectivity index is 3.34. The van der Waals surface area contributed by atoms with Gasteiger partial charge in [0.25, 0.3) is 5.56 Å². The second kappa shape index (κ2) is 3.79. The van der Waals surface area contributed by atoms with Crippen LogP contribution in [0.4, 0.5) is 0 Å². The molecular weight excluding hydrogens is 182 g/mol. The van der Waals surface area contributed by atoms with Gasteiger partial charge in [0.15, 0.2) is 0 Å². The largest absolute Gasteiger partial charge is 0.330 e. The van der Waals surface area contributed by atoms with Gasteiger partial charge in [-0.15, -0.1) is 0 Å². The molecule has 5 heteroatoms. The van der Waals surface area contributed by atoms with E-state index in [1.54, 1.807) is 13.2 Å². The first-order valence-electron chi connectivity index (χ1n) is 4.44. The number of hydrogen-bond donors (Lipinski definition) is 1. The van der Waals surface area contributed by atoms with Crippen LogP contribution in [-0.4, -0.2) is 15.2 Å². The minimum atomic E-state index is -0.316. The van der Waals surface area contributed by atoms with E-state index >= 15 is 0 Å². The fourth-order valence-corrected chi connectivity index (χ4v) is 1.37. The maximum absolute atomic E-state index is 11.6. The Labute approximate surface area is 81.8 Å². The van der Waals surface area contributed by atoms with E-state index in [0.717, 1.165) is 4.57 Å². The third kappa shape index (κ3) is 1.93. The molecule has 0 saturated heterocycles. The lowest BCUT2D eigenvalue weighted by atomic mass is 10.1. The molecule has 0 aliphatic carbocycles. The zero-order chi connectivity index (χ0) is 10.9. The molecule has 1 heterocycles. The minimum Gasteiger partial charge on any atom is -0.328 e. The average Bonchev–Trinajstić information content (AvgIpc) is 2.10. The Hall–Kier alpha value is -1.36. The van der Waals surface area contributed by atoms with E-state index in [0.29, 0.717) is 12.0 Å². The van der Waals surface area contributed by atoms with Gasteiger partial charge >= 0.3 is 5.69 Å². The minimum absolute atomic E-state index is 0.0831. The van der Waals surface area contributed by atoms with Crippen molar-refractivity contribution in [1.82, 2.24) is 9.13 Å². The van der Waals surface area contributed by atoms with E-state index in [1.165, 1.54) is 11.6 Å². The Morgan fingerprint density at radius 2 is 2.00 bits per heavy atom. The van der Waals surface area contributed by atoms with Gasteiger partial charge in [0.05, 0.1) is 0 Å². The molecule has 1 aromatic rings. The molecule has 2 N–H and O–H groups in total. The van der Waals surface area contributed by atoms with Crippen LogP contribution in [0.2, 0.25) is 0 Å². The summed E-state index contributed by atoms with van der Waals surface area (Å²) in [5, 5.41) is 0. The topological polar surface area (TPSA) is 70.0 Å². The fourth-order valence-electron chi connectivity index (χ4n) is 1.37. The number of nitrogens with two attached hydrogens (primary N) is 1. The second-order valence-electron chi connectivity index (χ2n) is 3.59. The summed E-state index contributed by atoms with van der Waals surface area (Å²) in [6.45, 7) is 1.82. The summed E-state index contributed by atoms with van der Waals surface area (Å²) < 4.78 is 2.48. The summed E-state index contributed by atoms with van der Waals surface area (Å²) in [6, 6.07) is -0.0831. The predicted molar refractivity (Wildman–Crippen MR) is 54.3 cm³/mol. The zero-order valence-electron chi connectivity index (χ0n) is 8.65. The van der Waals surface area contributed by atoms with Crippen LogP contribution in [0.1, 0.15) is 12.5 Å². The van der Waals surface area contributed by atoms with Crippen molar-refractivity contribution in [1.29, 1.82) is 0 Å². The molecule has 0 radical (unpaired) electrons. The second-order valence-corrected chi connectivity index (χ2v) is 3.59. The first kappa shape index (κ1) is 10.7. The summed E-state index contributed by atoms with van der Waals surface area (Å²) in [5.74, 6) is 0. The van der Waals surface area contributed by atoms with Crippen molar-refractivity contribution >= 4 is 0 Å². The van der Waals surface area contributed by atoms with Gasteiger partial charge < -0.3 is 10.3 Å². The van der Waals surface area contributed by atoms with E-state index in [9.17, 15) is 9.59 Å². The van der Waals surface area contributed by atoms with Gasteiger partial charge in [-0.3, -0.25) is 9.36 Å². The van der Waals surface area contributed by atoms with Crippen LogP contribution in [0, 0.1) is 0 Å². The molecule has 5 nitrogen and oxygen atoms in total. The molecule has 0 bridgehead atoms. The van der Waals surface area contributed by atoms with Crippen molar-refractivity contribution in [2.75, 3.05) is 0 Å². The Bertz CT molecular complexity index is 442. The highest BCUT2D eigenvalue weighted by atomic mass is 16.2. The van der Waals surface area contributed by atoms with Gasteiger partial charge in [0.1, 0.15) is 0 Å². The van der Waals surface area contributed by atoms with Crippen molar-refractivity contribution in [3.05, 3.63) is 32.6 Å². The van der Waals surface area contributed by atoms with Crippen LogP contribution in [-0.2, 0) is 20.5 Å². The van der Waals surface area contributed by atoms with E-state index in [1.807, 2.05) is 6.92 Å². The highest BCUT2D eigenvalue weighted by Gasteiger charge is 2.07. The molecular formula is C9H15N3O2. The summed E-state index contributed by atoms with van der Waals surface area (Å²) in [5.41, 5.74) is 5.59. The van der Waals surface area contributed by atoms with E-state index in [4.69, 9.17) is 5.73 Å². The molecule has 0 amide bonds. The predicted octanol–water partition coefficient (Wildman–Crippen LogP) is -1.03. The molecule has 1 aromatic heterocycles. The molecule has 0 aromatic carbocycles. The van der Waals surface area contributed by atoms with E-state index < -0.39 is 0 Å². The molecule has 0 spiro atoms. The Kier molecular flexibility index (Phi) is 2.90. The standard InChI is InChI=1S/C9H15N3O2/c1-6(10)4-7-5-11(2)9(14)12(3)8(7)13/h5-6H,4,10H2,1-3H3. The molecule has 14 heavy (non-hydrogen) atoms. The Morgan fingerprint density at radius 3 is 2.50 bits per heavy atom. The monoisotopic (exact) mass is 197 g/mol. The van der Waals surface area contributed by atoms with E-state index in [2.05, 4.69) is 0 Å².